The Morgan fingerprint density at radius 2 is 2.36 bits per heavy atom. The van der Waals surface area contributed by atoms with Crippen LogP contribution in [0.5, 0.6) is 0 Å². The van der Waals surface area contributed by atoms with E-state index >= 15 is 0 Å². The first-order chi connectivity index (χ1) is 5.13. The van der Waals surface area contributed by atoms with Gasteiger partial charge in [-0.1, -0.05) is 0 Å². The van der Waals surface area contributed by atoms with Gasteiger partial charge < -0.3 is 5.11 Å². The Labute approximate surface area is 65.7 Å². The molecule has 0 atom stereocenters. The third-order valence-electron chi connectivity index (χ3n) is 1.90. The van der Waals surface area contributed by atoms with Gasteiger partial charge in [-0.2, -0.15) is 0 Å². The van der Waals surface area contributed by atoms with Gasteiger partial charge >= 0.3 is 11.8 Å². The Bertz CT molecular complexity index is 210. The summed E-state index contributed by atoms with van der Waals surface area (Å²) in [7, 11) is 3.61. The molecule has 0 radical (unpaired) electrons. The number of hydrogen-bond acceptors (Lipinski definition) is 2. The minimum absolute atomic E-state index is 0.399. The molecule has 1 heterocycles. The fraction of sp³-hybridized carbons (Fsp3) is 0.714. The van der Waals surface area contributed by atoms with Crippen LogP contribution >= 0.6 is 0 Å². The summed E-state index contributed by atoms with van der Waals surface area (Å²) in [6.45, 7) is 1.68. The van der Waals surface area contributed by atoms with E-state index < -0.39 is 5.97 Å². The number of hydrogen-bond donors (Lipinski definition) is 1. The number of nitrogens with zero attached hydrogens (tertiary/aromatic N) is 2. The van der Waals surface area contributed by atoms with Crippen LogP contribution in [0.25, 0.3) is 0 Å². The first-order valence-corrected chi connectivity index (χ1v) is 3.65. The molecule has 0 fully saturated rings. The summed E-state index contributed by atoms with van der Waals surface area (Å²) in [6, 6.07) is 0. The fourth-order valence-electron chi connectivity index (χ4n) is 1.37. The second kappa shape index (κ2) is 2.90. The van der Waals surface area contributed by atoms with Crippen molar-refractivity contribution < 1.29 is 14.5 Å². The van der Waals surface area contributed by atoms with E-state index in [0.29, 0.717) is 5.84 Å². The number of carboxylic acids is 1. The lowest BCUT2D eigenvalue weighted by Gasteiger charge is -2.18. The van der Waals surface area contributed by atoms with Crippen LogP contribution in [0, 0.1) is 0 Å². The first kappa shape index (κ1) is 8.04. The summed E-state index contributed by atoms with van der Waals surface area (Å²) < 4.78 is 1.77. The summed E-state index contributed by atoms with van der Waals surface area (Å²) in [6.07, 6.45) is 1.03. The second-order valence-corrected chi connectivity index (χ2v) is 2.83. The maximum absolute atomic E-state index is 10.7. The highest BCUT2D eigenvalue weighted by atomic mass is 16.4. The lowest BCUT2D eigenvalue weighted by atomic mass is 10.3. The van der Waals surface area contributed by atoms with E-state index in [1.54, 1.807) is 23.6 Å². The molecule has 4 nitrogen and oxygen atoms in total. The fourth-order valence-corrected chi connectivity index (χ4v) is 1.37. The van der Waals surface area contributed by atoms with E-state index in [0.717, 1.165) is 19.5 Å². The van der Waals surface area contributed by atoms with E-state index in [1.165, 1.54) is 0 Å². The molecule has 0 bridgehead atoms. The van der Waals surface area contributed by atoms with Gasteiger partial charge in [0.25, 0.3) is 0 Å². The van der Waals surface area contributed by atoms with Crippen LogP contribution in [0.2, 0.25) is 0 Å². The number of carboxylic acid groups (broad SMARTS) is 1. The molecule has 0 amide bonds. The zero-order valence-corrected chi connectivity index (χ0v) is 6.87. The van der Waals surface area contributed by atoms with E-state index in [2.05, 4.69) is 0 Å². The van der Waals surface area contributed by atoms with Gasteiger partial charge in [-0.15, -0.1) is 0 Å². The van der Waals surface area contributed by atoms with Crippen molar-refractivity contribution >= 4 is 11.8 Å². The zero-order chi connectivity index (χ0) is 8.43. The van der Waals surface area contributed by atoms with Gasteiger partial charge in [-0.05, 0) is 0 Å². The smallest absolute Gasteiger partial charge is 0.418 e. The highest BCUT2D eigenvalue weighted by molar-refractivity contribution is 6.32. The molecule has 0 unspecified atom stereocenters. The molecular formula is C7H13N2O2+. The monoisotopic (exact) mass is 157 g/mol. The van der Waals surface area contributed by atoms with Crippen molar-refractivity contribution in [1.29, 1.82) is 0 Å². The predicted molar refractivity (Wildman–Crippen MR) is 40.9 cm³/mol. The molecule has 1 N–H and O–H groups in total. The van der Waals surface area contributed by atoms with Crippen LogP contribution in [-0.2, 0) is 4.79 Å². The SMILES string of the molecule is CN1CCC[N+](C)=C1C(=O)O. The Balaban J connectivity index is 2.91. The number of likely N-dealkylation sites (N-methyl/N-ethyl adjacent to an activating group) is 1. The molecule has 0 aromatic carbocycles. The van der Waals surface area contributed by atoms with Gasteiger partial charge in [0.1, 0.15) is 0 Å². The van der Waals surface area contributed by atoms with Gasteiger partial charge in [-0.3, -0.25) is 9.48 Å². The van der Waals surface area contributed by atoms with Gasteiger partial charge in [0.15, 0.2) is 0 Å². The van der Waals surface area contributed by atoms with Gasteiger partial charge in [-0.25, -0.2) is 4.79 Å². The van der Waals surface area contributed by atoms with Gasteiger partial charge in [0.05, 0.1) is 27.2 Å². The standard InChI is InChI=1S/C7H12N2O2/c1-8-4-3-5-9(2)6(8)7(10)11/h3-5H2,1-2H3/p+1. The molecule has 0 aromatic heterocycles. The van der Waals surface area contributed by atoms with E-state index in [-0.39, 0.29) is 0 Å². The summed E-state index contributed by atoms with van der Waals surface area (Å²) in [4.78, 5) is 12.4. The Kier molecular flexibility index (Phi) is 2.12. The van der Waals surface area contributed by atoms with Crippen molar-refractivity contribution in [3.8, 4) is 0 Å². The second-order valence-electron chi connectivity index (χ2n) is 2.83. The summed E-state index contributed by atoms with van der Waals surface area (Å²) in [5.41, 5.74) is 0. The number of amidine groups is 1. The molecule has 1 aliphatic heterocycles. The van der Waals surface area contributed by atoms with Crippen molar-refractivity contribution in [3.63, 3.8) is 0 Å². The Morgan fingerprint density at radius 1 is 1.73 bits per heavy atom. The molecule has 11 heavy (non-hydrogen) atoms. The van der Waals surface area contributed by atoms with Crippen LogP contribution in [0.3, 0.4) is 0 Å². The van der Waals surface area contributed by atoms with Gasteiger partial charge in [0.2, 0.25) is 0 Å². The molecule has 0 saturated heterocycles. The van der Waals surface area contributed by atoms with E-state index in [4.69, 9.17) is 5.11 Å². The highest BCUT2D eigenvalue weighted by Gasteiger charge is 2.28. The minimum atomic E-state index is -0.838. The Hall–Kier alpha value is -1.06. The van der Waals surface area contributed by atoms with Crippen LogP contribution in [-0.4, -0.2) is 53.6 Å². The quantitative estimate of drug-likeness (QED) is 0.519. The number of aliphatic carboxylic acids is 1. The third kappa shape index (κ3) is 1.50. The highest BCUT2D eigenvalue weighted by Crippen LogP contribution is 1.98. The molecule has 1 rings (SSSR count). The molecule has 0 aliphatic carbocycles. The minimum Gasteiger partial charge on any atom is -0.472 e. The number of carbonyl (C=O) groups is 1. The van der Waals surface area contributed by atoms with Crippen molar-refractivity contribution in [1.82, 2.24) is 4.90 Å². The molecule has 0 saturated carbocycles. The average molecular weight is 157 g/mol. The number of rotatable bonds is 1. The summed E-state index contributed by atoms with van der Waals surface area (Å²) >= 11 is 0. The summed E-state index contributed by atoms with van der Waals surface area (Å²) in [5.74, 6) is -0.439. The van der Waals surface area contributed by atoms with Crippen LogP contribution in [0.15, 0.2) is 0 Å². The van der Waals surface area contributed by atoms with Crippen LogP contribution < -0.4 is 0 Å². The van der Waals surface area contributed by atoms with Crippen LogP contribution in [0.1, 0.15) is 6.42 Å². The lowest BCUT2D eigenvalue weighted by Crippen LogP contribution is -2.45. The zero-order valence-electron chi connectivity index (χ0n) is 6.87. The molecule has 0 spiro atoms. The maximum Gasteiger partial charge on any atom is 0.418 e. The normalized spacial score (nSPS) is 18.9. The molecular weight excluding hydrogens is 144 g/mol. The third-order valence-corrected chi connectivity index (χ3v) is 1.90. The van der Waals surface area contributed by atoms with Crippen molar-refractivity contribution in [2.75, 3.05) is 27.2 Å². The molecule has 0 aromatic rings. The predicted octanol–water partition coefficient (Wildman–Crippen LogP) is -0.553. The van der Waals surface area contributed by atoms with Gasteiger partial charge in [0, 0.05) is 6.42 Å². The van der Waals surface area contributed by atoms with Crippen molar-refractivity contribution in [2.45, 2.75) is 6.42 Å². The van der Waals surface area contributed by atoms with Crippen LogP contribution in [0.4, 0.5) is 0 Å². The maximum atomic E-state index is 10.7. The van der Waals surface area contributed by atoms with E-state index in [9.17, 15) is 4.79 Å². The average Bonchev–Trinajstić information content (AvgIpc) is 1.85. The topological polar surface area (TPSA) is 43.5 Å². The molecule has 1 aliphatic rings. The molecule has 62 valence electrons. The Morgan fingerprint density at radius 3 is 2.73 bits per heavy atom. The first-order valence-electron chi connectivity index (χ1n) is 3.65. The largest absolute Gasteiger partial charge is 0.472 e. The molecule has 4 heteroatoms. The van der Waals surface area contributed by atoms with Crippen molar-refractivity contribution in [2.24, 2.45) is 0 Å². The summed E-state index contributed by atoms with van der Waals surface area (Å²) in [5, 5.41) is 8.76. The van der Waals surface area contributed by atoms with Crippen molar-refractivity contribution in [3.05, 3.63) is 0 Å². The van der Waals surface area contributed by atoms with E-state index in [1.807, 2.05) is 0 Å². The lowest BCUT2D eigenvalue weighted by molar-refractivity contribution is -0.507.